The maximum absolute atomic E-state index is 11.0. The van der Waals surface area contributed by atoms with E-state index < -0.39 is 18.9 Å². The lowest BCUT2D eigenvalue weighted by atomic mass is 9.75. The number of nitrogens with two attached hydrogens (primary N) is 2. The maximum Gasteiger partial charge on any atom is 0.489 e. The van der Waals surface area contributed by atoms with Crippen molar-refractivity contribution in [2.75, 3.05) is 0 Å². The Morgan fingerprint density at radius 2 is 1.73 bits per heavy atom. The fraction of sp³-hybridized carbons (Fsp3) is 0. The van der Waals surface area contributed by atoms with Gasteiger partial charge in [0.2, 0.25) is 11.8 Å². The van der Waals surface area contributed by atoms with Gasteiger partial charge >= 0.3 is 7.12 Å². The third kappa shape index (κ3) is 2.14. The van der Waals surface area contributed by atoms with E-state index in [1.807, 2.05) is 0 Å². The molecule has 0 fully saturated rings. The first kappa shape index (κ1) is 11.2. The van der Waals surface area contributed by atoms with Crippen LogP contribution >= 0.6 is 0 Å². The van der Waals surface area contributed by atoms with E-state index in [2.05, 4.69) is 0 Å². The third-order valence-electron chi connectivity index (χ3n) is 1.89. The van der Waals surface area contributed by atoms with Crippen molar-refractivity contribution < 1.29 is 19.6 Å². The van der Waals surface area contributed by atoms with Gasteiger partial charge in [0.25, 0.3) is 0 Å². The molecule has 6 N–H and O–H groups in total. The summed E-state index contributed by atoms with van der Waals surface area (Å²) < 4.78 is 0. The lowest BCUT2D eigenvalue weighted by molar-refractivity contribution is 0.0968. The number of primary amides is 2. The van der Waals surface area contributed by atoms with Crippen LogP contribution < -0.4 is 16.9 Å². The van der Waals surface area contributed by atoms with Gasteiger partial charge in [-0.1, -0.05) is 12.1 Å². The van der Waals surface area contributed by atoms with Crippen LogP contribution in [0.2, 0.25) is 0 Å². The summed E-state index contributed by atoms with van der Waals surface area (Å²) >= 11 is 0. The second kappa shape index (κ2) is 4.12. The monoisotopic (exact) mass is 208 g/mol. The minimum Gasteiger partial charge on any atom is -0.423 e. The molecule has 0 heterocycles. The smallest absolute Gasteiger partial charge is 0.423 e. The number of benzene rings is 1. The van der Waals surface area contributed by atoms with E-state index in [0.29, 0.717) is 0 Å². The molecule has 2 amide bonds. The molecule has 15 heavy (non-hydrogen) atoms. The van der Waals surface area contributed by atoms with E-state index in [1.54, 1.807) is 0 Å². The summed E-state index contributed by atoms with van der Waals surface area (Å²) in [6.45, 7) is 0. The Labute approximate surface area is 85.6 Å². The molecule has 78 valence electrons. The molecule has 0 aliphatic heterocycles. The van der Waals surface area contributed by atoms with Gasteiger partial charge in [0.05, 0.1) is 11.1 Å². The van der Waals surface area contributed by atoms with Crippen LogP contribution in [-0.4, -0.2) is 29.0 Å². The van der Waals surface area contributed by atoms with Crippen molar-refractivity contribution in [3.63, 3.8) is 0 Å². The summed E-state index contributed by atoms with van der Waals surface area (Å²) in [7, 11) is -1.88. The van der Waals surface area contributed by atoms with E-state index >= 15 is 0 Å². The standard InChI is InChI=1S/C8H9BN2O4/c10-7(12)4-2-1-3-5(9(14)15)6(4)8(11)13/h1-3,14-15H,(H2,10,12)(H2,11,13). The van der Waals surface area contributed by atoms with Gasteiger partial charge in [-0.15, -0.1) is 0 Å². The summed E-state index contributed by atoms with van der Waals surface area (Å²) in [6.07, 6.45) is 0. The molecule has 7 heteroatoms. The highest BCUT2D eigenvalue weighted by Gasteiger charge is 2.23. The quantitative estimate of drug-likeness (QED) is 0.411. The van der Waals surface area contributed by atoms with Gasteiger partial charge in [0.15, 0.2) is 0 Å². The van der Waals surface area contributed by atoms with E-state index in [0.717, 1.165) is 0 Å². The molecule has 1 rings (SSSR count). The van der Waals surface area contributed by atoms with Crippen molar-refractivity contribution in [1.29, 1.82) is 0 Å². The van der Waals surface area contributed by atoms with Crippen molar-refractivity contribution in [2.24, 2.45) is 11.5 Å². The molecule has 0 unspecified atom stereocenters. The molecule has 0 saturated heterocycles. The molecule has 0 aliphatic carbocycles. The van der Waals surface area contributed by atoms with Gasteiger partial charge in [0.1, 0.15) is 0 Å². The lowest BCUT2D eigenvalue weighted by Gasteiger charge is -2.08. The fourth-order valence-electron chi connectivity index (χ4n) is 1.27. The first-order valence-corrected chi connectivity index (χ1v) is 4.03. The molecule has 1 aromatic carbocycles. The molecule has 0 aromatic heterocycles. The predicted octanol–water partition coefficient (Wildman–Crippen LogP) is -2.44. The fourth-order valence-corrected chi connectivity index (χ4v) is 1.27. The normalized spacial score (nSPS) is 9.73. The topological polar surface area (TPSA) is 127 Å². The molecule has 0 aliphatic rings. The SMILES string of the molecule is NC(=O)c1cccc(B(O)O)c1C(N)=O. The minimum atomic E-state index is -1.88. The van der Waals surface area contributed by atoms with Gasteiger partial charge in [-0.25, -0.2) is 0 Å². The molecule has 0 saturated carbocycles. The Bertz CT molecular complexity index is 419. The van der Waals surface area contributed by atoms with Crippen molar-refractivity contribution in [2.45, 2.75) is 0 Å². The molecule has 1 aromatic rings. The number of rotatable bonds is 3. The molecular weight excluding hydrogens is 199 g/mol. The molecule has 0 atom stereocenters. The van der Waals surface area contributed by atoms with Crippen LogP contribution in [-0.2, 0) is 0 Å². The maximum atomic E-state index is 11.0. The van der Waals surface area contributed by atoms with Gasteiger partial charge < -0.3 is 21.5 Å². The number of carbonyl (C=O) groups excluding carboxylic acids is 2. The van der Waals surface area contributed by atoms with E-state index in [9.17, 15) is 9.59 Å². The van der Waals surface area contributed by atoms with Gasteiger partial charge in [-0.2, -0.15) is 0 Å². The summed E-state index contributed by atoms with van der Waals surface area (Å²) in [4.78, 5) is 22.0. The van der Waals surface area contributed by atoms with Crippen molar-refractivity contribution in [1.82, 2.24) is 0 Å². The Balaban J connectivity index is 3.48. The molecule has 0 bridgehead atoms. The number of amides is 2. The zero-order chi connectivity index (χ0) is 11.6. The first-order valence-electron chi connectivity index (χ1n) is 4.03. The zero-order valence-electron chi connectivity index (χ0n) is 7.68. The highest BCUT2D eigenvalue weighted by atomic mass is 16.4. The van der Waals surface area contributed by atoms with Crippen molar-refractivity contribution in [3.05, 3.63) is 29.3 Å². The number of hydrogen-bond donors (Lipinski definition) is 4. The molecule has 0 radical (unpaired) electrons. The summed E-state index contributed by atoms with van der Waals surface area (Å²) in [5.74, 6) is -1.79. The van der Waals surface area contributed by atoms with Gasteiger partial charge in [0, 0.05) is 0 Å². The van der Waals surface area contributed by atoms with E-state index in [4.69, 9.17) is 21.5 Å². The molecular formula is C8H9BN2O4. The van der Waals surface area contributed by atoms with Gasteiger partial charge in [-0.3, -0.25) is 9.59 Å². The van der Waals surface area contributed by atoms with E-state index in [1.165, 1.54) is 18.2 Å². The Morgan fingerprint density at radius 1 is 1.13 bits per heavy atom. The van der Waals surface area contributed by atoms with Gasteiger partial charge in [-0.05, 0) is 11.5 Å². The van der Waals surface area contributed by atoms with Crippen LogP contribution in [0.1, 0.15) is 20.7 Å². The Hall–Kier alpha value is -1.86. The summed E-state index contributed by atoms with van der Waals surface area (Å²) in [5, 5.41) is 17.9. The van der Waals surface area contributed by atoms with Crippen LogP contribution in [0.25, 0.3) is 0 Å². The number of carbonyl (C=O) groups is 2. The average molecular weight is 208 g/mol. The van der Waals surface area contributed by atoms with Crippen LogP contribution in [0.5, 0.6) is 0 Å². The van der Waals surface area contributed by atoms with Crippen molar-refractivity contribution in [3.8, 4) is 0 Å². The molecule has 6 nitrogen and oxygen atoms in total. The predicted molar refractivity (Wildman–Crippen MR) is 53.3 cm³/mol. The molecule has 0 spiro atoms. The van der Waals surface area contributed by atoms with Crippen LogP contribution in [0.4, 0.5) is 0 Å². The van der Waals surface area contributed by atoms with Crippen LogP contribution in [0.3, 0.4) is 0 Å². The highest BCUT2D eigenvalue weighted by Crippen LogP contribution is 2.05. The minimum absolute atomic E-state index is 0.131. The van der Waals surface area contributed by atoms with Crippen LogP contribution in [0.15, 0.2) is 18.2 Å². The average Bonchev–Trinajstić information content (AvgIpc) is 2.16. The first-order chi connectivity index (χ1) is 6.95. The second-order valence-electron chi connectivity index (χ2n) is 2.87. The largest absolute Gasteiger partial charge is 0.489 e. The number of hydrogen-bond acceptors (Lipinski definition) is 4. The van der Waals surface area contributed by atoms with Crippen molar-refractivity contribution >= 4 is 24.4 Å². The summed E-state index contributed by atoms with van der Waals surface area (Å²) in [5.41, 5.74) is 9.50. The summed E-state index contributed by atoms with van der Waals surface area (Å²) in [6, 6.07) is 3.94. The highest BCUT2D eigenvalue weighted by molar-refractivity contribution is 6.60. The van der Waals surface area contributed by atoms with E-state index in [-0.39, 0.29) is 16.6 Å². The lowest BCUT2D eigenvalue weighted by Crippen LogP contribution is -2.38. The Morgan fingerprint density at radius 3 is 2.13 bits per heavy atom. The zero-order valence-corrected chi connectivity index (χ0v) is 7.68. The third-order valence-corrected chi connectivity index (χ3v) is 1.89. The van der Waals surface area contributed by atoms with Crippen LogP contribution in [0, 0.1) is 0 Å². The Kier molecular flexibility index (Phi) is 3.08. The second-order valence-corrected chi connectivity index (χ2v) is 2.87.